The van der Waals surface area contributed by atoms with Crippen molar-refractivity contribution in [2.24, 2.45) is 0 Å². The summed E-state index contributed by atoms with van der Waals surface area (Å²) in [6.45, 7) is 0. The van der Waals surface area contributed by atoms with Crippen LogP contribution in [0, 0.1) is 23.5 Å². The van der Waals surface area contributed by atoms with Crippen LogP contribution in [0.3, 0.4) is 0 Å². The van der Waals surface area contributed by atoms with Gasteiger partial charge in [0.15, 0.2) is 5.60 Å². The van der Waals surface area contributed by atoms with E-state index in [1.54, 1.807) is 0 Å². The Kier molecular flexibility index (Phi) is 4.24. The van der Waals surface area contributed by atoms with E-state index in [1.807, 2.05) is 17.5 Å². The first-order valence-electron chi connectivity index (χ1n) is 6.89. The predicted molar refractivity (Wildman–Crippen MR) is 87.0 cm³/mol. The van der Waals surface area contributed by atoms with E-state index in [4.69, 9.17) is 0 Å². The molecule has 2 aromatic carbocycles. The van der Waals surface area contributed by atoms with Gasteiger partial charge in [0.1, 0.15) is 11.6 Å². The molecule has 0 aliphatic carbocycles. The number of thiophene rings is 1. The second-order valence-electron chi connectivity index (χ2n) is 4.95. The predicted octanol–water partition coefficient (Wildman–Crippen LogP) is 4.31. The Morgan fingerprint density at radius 1 is 0.826 bits per heavy atom. The third-order valence-electron chi connectivity index (χ3n) is 3.41. The van der Waals surface area contributed by atoms with E-state index in [1.165, 1.54) is 59.9 Å². The van der Waals surface area contributed by atoms with Crippen LogP contribution in [0.2, 0.25) is 0 Å². The third kappa shape index (κ3) is 3.31. The van der Waals surface area contributed by atoms with Crippen LogP contribution >= 0.6 is 11.3 Å². The summed E-state index contributed by atoms with van der Waals surface area (Å²) in [5, 5.41) is 13.0. The summed E-state index contributed by atoms with van der Waals surface area (Å²) in [6.07, 6.45) is 0. The molecule has 3 rings (SSSR count). The van der Waals surface area contributed by atoms with E-state index >= 15 is 0 Å². The number of halogens is 2. The summed E-state index contributed by atoms with van der Waals surface area (Å²) in [5.41, 5.74) is -0.796. The highest BCUT2D eigenvalue weighted by molar-refractivity contribution is 7.10. The molecule has 114 valence electrons. The highest BCUT2D eigenvalue weighted by Gasteiger charge is 2.29. The SMILES string of the molecule is OC(C#Cc1cccs1)(c1ccc(F)cc1)c1ccc(F)cc1. The molecule has 4 heteroatoms. The van der Waals surface area contributed by atoms with Gasteiger partial charge in [-0.15, -0.1) is 11.3 Å². The minimum atomic E-state index is -1.65. The second-order valence-corrected chi connectivity index (χ2v) is 5.90. The van der Waals surface area contributed by atoms with Crippen molar-refractivity contribution < 1.29 is 13.9 Å². The maximum absolute atomic E-state index is 13.2. The largest absolute Gasteiger partial charge is 0.369 e. The van der Waals surface area contributed by atoms with Crippen LogP contribution in [0.4, 0.5) is 8.78 Å². The molecular weight excluding hydrogens is 314 g/mol. The van der Waals surface area contributed by atoms with Gasteiger partial charge in [-0.2, -0.15) is 0 Å². The average molecular weight is 326 g/mol. The molecular formula is C19H12F2OS. The summed E-state index contributed by atoms with van der Waals surface area (Å²) in [4.78, 5) is 0.799. The molecule has 23 heavy (non-hydrogen) atoms. The molecule has 0 aliphatic rings. The van der Waals surface area contributed by atoms with E-state index < -0.39 is 17.2 Å². The van der Waals surface area contributed by atoms with Gasteiger partial charge in [0.25, 0.3) is 0 Å². The highest BCUT2D eigenvalue weighted by Crippen LogP contribution is 2.29. The maximum Gasteiger partial charge on any atom is 0.177 e. The van der Waals surface area contributed by atoms with Crippen molar-refractivity contribution in [2.45, 2.75) is 5.60 Å². The molecule has 1 nitrogen and oxygen atoms in total. The molecule has 3 aromatic rings. The van der Waals surface area contributed by atoms with Crippen LogP contribution < -0.4 is 0 Å². The lowest BCUT2D eigenvalue weighted by Crippen LogP contribution is -2.25. The van der Waals surface area contributed by atoms with Gasteiger partial charge in [0.2, 0.25) is 0 Å². The van der Waals surface area contributed by atoms with Gasteiger partial charge in [-0.1, -0.05) is 42.2 Å². The summed E-state index contributed by atoms with van der Waals surface area (Å²) in [6, 6.07) is 14.6. The van der Waals surface area contributed by atoms with E-state index in [0.29, 0.717) is 11.1 Å². The molecule has 0 bridgehead atoms. The molecule has 0 saturated heterocycles. The standard InChI is InChI=1S/C19H12F2OS/c20-16-7-3-14(4-8-16)19(22,12-11-18-2-1-13-23-18)15-5-9-17(21)10-6-15/h1-10,13,22H. The van der Waals surface area contributed by atoms with Crippen LogP contribution in [-0.4, -0.2) is 5.11 Å². The van der Waals surface area contributed by atoms with Crippen molar-refractivity contribution in [3.63, 3.8) is 0 Å². The molecule has 0 saturated carbocycles. The number of benzene rings is 2. The number of hydrogen-bond acceptors (Lipinski definition) is 2. The molecule has 0 fully saturated rings. The molecule has 1 N–H and O–H groups in total. The number of hydrogen-bond donors (Lipinski definition) is 1. The van der Waals surface area contributed by atoms with E-state index in [2.05, 4.69) is 11.8 Å². The van der Waals surface area contributed by atoms with E-state index in [-0.39, 0.29) is 0 Å². The molecule has 1 aromatic heterocycles. The zero-order chi connectivity index (χ0) is 16.3. The fourth-order valence-corrected chi connectivity index (χ4v) is 2.77. The van der Waals surface area contributed by atoms with Crippen LogP contribution in [-0.2, 0) is 5.60 Å². The van der Waals surface area contributed by atoms with Crippen molar-refractivity contribution in [3.05, 3.63) is 93.7 Å². The Bertz CT molecular complexity index is 796. The molecule has 0 amide bonds. The van der Waals surface area contributed by atoms with Gasteiger partial charge in [-0.25, -0.2) is 8.78 Å². The molecule has 0 atom stereocenters. The molecule has 0 aliphatic heterocycles. The van der Waals surface area contributed by atoms with Crippen molar-refractivity contribution >= 4 is 11.3 Å². The average Bonchev–Trinajstić information content (AvgIpc) is 3.07. The fourth-order valence-electron chi connectivity index (χ4n) is 2.19. The molecule has 0 spiro atoms. The van der Waals surface area contributed by atoms with E-state index in [9.17, 15) is 13.9 Å². The first-order valence-corrected chi connectivity index (χ1v) is 7.77. The maximum atomic E-state index is 13.2. The van der Waals surface area contributed by atoms with Crippen LogP contribution in [0.1, 0.15) is 16.0 Å². The Morgan fingerprint density at radius 3 is 1.78 bits per heavy atom. The van der Waals surface area contributed by atoms with Gasteiger partial charge in [-0.05, 0) is 35.7 Å². The van der Waals surface area contributed by atoms with Gasteiger partial charge < -0.3 is 5.11 Å². The quantitative estimate of drug-likeness (QED) is 0.696. The Hall–Kier alpha value is -2.48. The monoisotopic (exact) mass is 326 g/mol. The summed E-state index contributed by atoms with van der Waals surface area (Å²) < 4.78 is 26.3. The fraction of sp³-hybridized carbons (Fsp3) is 0.0526. The highest BCUT2D eigenvalue weighted by atomic mass is 32.1. The van der Waals surface area contributed by atoms with Crippen molar-refractivity contribution in [2.75, 3.05) is 0 Å². The normalized spacial score (nSPS) is 10.9. The second kappa shape index (κ2) is 6.33. The van der Waals surface area contributed by atoms with Gasteiger partial charge in [-0.3, -0.25) is 0 Å². The smallest absolute Gasteiger partial charge is 0.177 e. The van der Waals surface area contributed by atoms with Gasteiger partial charge >= 0.3 is 0 Å². The topological polar surface area (TPSA) is 20.2 Å². The molecule has 0 radical (unpaired) electrons. The lowest BCUT2D eigenvalue weighted by atomic mass is 9.87. The van der Waals surface area contributed by atoms with Crippen molar-refractivity contribution in [3.8, 4) is 11.8 Å². The van der Waals surface area contributed by atoms with Crippen molar-refractivity contribution in [1.29, 1.82) is 0 Å². The lowest BCUT2D eigenvalue weighted by molar-refractivity contribution is 0.145. The third-order valence-corrected chi connectivity index (χ3v) is 4.20. The Morgan fingerprint density at radius 2 is 1.35 bits per heavy atom. The van der Waals surface area contributed by atoms with E-state index in [0.717, 1.165) is 4.88 Å². The molecule has 1 heterocycles. The summed E-state index contributed by atoms with van der Waals surface area (Å²) in [5.74, 6) is 4.96. The van der Waals surface area contributed by atoms with Crippen molar-refractivity contribution in [1.82, 2.24) is 0 Å². The van der Waals surface area contributed by atoms with Crippen LogP contribution in [0.5, 0.6) is 0 Å². The molecule has 0 unspecified atom stereocenters. The first kappa shape index (κ1) is 15.4. The Balaban J connectivity index is 2.12. The summed E-state index contributed by atoms with van der Waals surface area (Å²) >= 11 is 1.45. The minimum absolute atomic E-state index is 0.401. The Labute approximate surface area is 136 Å². The minimum Gasteiger partial charge on any atom is -0.369 e. The number of aliphatic hydroxyl groups is 1. The lowest BCUT2D eigenvalue weighted by Gasteiger charge is -2.23. The first-order chi connectivity index (χ1) is 11.1. The van der Waals surface area contributed by atoms with Crippen LogP contribution in [0.25, 0.3) is 0 Å². The zero-order valence-electron chi connectivity index (χ0n) is 12.0. The van der Waals surface area contributed by atoms with Gasteiger partial charge in [0.05, 0.1) is 4.88 Å². The van der Waals surface area contributed by atoms with Gasteiger partial charge in [0, 0.05) is 11.1 Å². The number of rotatable bonds is 2. The summed E-state index contributed by atoms with van der Waals surface area (Å²) in [7, 11) is 0. The zero-order valence-corrected chi connectivity index (χ0v) is 12.8. The van der Waals surface area contributed by atoms with Crippen LogP contribution in [0.15, 0.2) is 66.0 Å².